The van der Waals surface area contributed by atoms with Gasteiger partial charge in [0.15, 0.2) is 0 Å². The highest BCUT2D eigenvalue weighted by Gasteiger charge is 2.47. The zero-order chi connectivity index (χ0) is 25.3. The number of hydrogen-bond donors (Lipinski definition) is 1. The normalized spacial score (nSPS) is 17.2. The molecule has 1 amide bonds. The van der Waals surface area contributed by atoms with E-state index in [4.69, 9.17) is 9.47 Å². The molecule has 1 aliphatic heterocycles. The lowest BCUT2D eigenvalue weighted by molar-refractivity contribution is -0.132. The molecule has 1 N–H and O–H groups in total. The molecule has 1 atom stereocenters. The van der Waals surface area contributed by atoms with E-state index >= 15 is 0 Å². The van der Waals surface area contributed by atoms with Gasteiger partial charge in [0.1, 0.15) is 22.8 Å². The first kappa shape index (κ1) is 24.1. The Morgan fingerprint density at radius 3 is 2.06 bits per heavy atom. The van der Waals surface area contributed by atoms with Crippen LogP contribution in [-0.2, 0) is 9.59 Å². The van der Waals surface area contributed by atoms with Gasteiger partial charge in [0.25, 0.3) is 11.7 Å². The van der Waals surface area contributed by atoms with Crippen LogP contribution in [0.3, 0.4) is 0 Å². The number of benzene rings is 3. The number of nitrogens with zero attached hydrogens (tertiary/aromatic N) is 1. The lowest BCUT2D eigenvalue weighted by atomic mass is 9.93. The van der Waals surface area contributed by atoms with Gasteiger partial charge in [-0.1, -0.05) is 61.9 Å². The largest absolute Gasteiger partial charge is 0.506 e. The number of carbonyl (C=O) groups excluding carboxylic acids is 2. The van der Waals surface area contributed by atoms with Crippen molar-refractivity contribution in [3.8, 4) is 11.5 Å². The van der Waals surface area contributed by atoms with Crippen molar-refractivity contribution in [1.82, 2.24) is 0 Å². The Hall–Kier alpha value is -4.06. The summed E-state index contributed by atoms with van der Waals surface area (Å²) in [7, 11) is 2.94. The number of ether oxygens (including phenoxy) is 2. The van der Waals surface area contributed by atoms with Crippen LogP contribution in [0.25, 0.3) is 5.76 Å². The van der Waals surface area contributed by atoms with Crippen molar-refractivity contribution in [3.05, 3.63) is 94.6 Å². The first-order chi connectivity index (χ1) is 16.8. The molecule has 35 heavy (non-hydrogen) atoms. The number of hydrogen-bond acceptors (Lipinski definition) is 5. The van der Waals surface area contributed by atoms with Crippen LogP contribution in [0, 0.1) is 6.92 Å². The zero-order valence-corrected chi connectivity index (χ0v) is 20.5. The maximum absolute atomic E-state index is 13.5. The molecule has 6 nitrogen and oxygen atoms in total. The van der Waals surface area contributed by atoms with Gasteiger partial charge in [-0.2, -0.15) is 0 Å². The molecule has 0 aliphatic carbocycles. The fraction of sp³-hybridized carbons (Fsp3) is 0.241. The molecule has 0 bridgehead atoms. The Bertz CT molecular complexity index is 1280. The Morgan fingerprint density at radius 1 is 0.914 bits per heavy atom. The van der Waals surface area contributed by atoms with Crippen LogP contribution in [0.1, 0.15) is 48.1 Å². The second-order valence-corrected chi connectivity index (χ2v) is 8.87. The van der Waals surface area contributed by atoms with Crippen LogP contribution in [0.15, 0.2) is 72.3 Å². The molecule has 3 aromatic rings. The van der Waals surface area contributed by atoms with Gasteiger partial charge in [-0.3, -0.25) is 14.5 Å². The van der Waals surface area contributed by atoms with Crippen LogP contribution in [0.5, 0.6) is 11.5 Å². The van der Waals surface area contributed by atoms with Crippen molar-refractivity contribution in [1.29, 1.82) is 0 Å². The van der Waals surface area contributed by atoms with Crippen LogP contribution in [0.4, 0.5) is 5.69 Å². The van der Waals surface area contributed by atoms with E-state index in [9.17, 15) is 14.7 Å². The van der Waals surface area contributed by atoms with Gasteiger partial charge in [0.2, 0.25) is 0 Å². The SMILES string of the molecule is COc1cccc(OC)c1/C(O)=C1\C(=O)C(=O)N(c2ccc(C(C)C)cc2)C1c1cccc(C)c1. The smallest absolute Gasteiger partial charge is 0.300 e. The molecule has 1 unspecified atom stereocenters. The summed E-state index contributed by atoms with van der Waals surface area (Å²) in [6.07, 6.45) is 0. The van der Waals surface area contributed by atoms with E-state index in [-0.39, 0.29) is 16.9 Å². The van der Waals surface area contributed by atoms with Gasteiger partial charge in [-0.25, -0.2) is 0 Å². The number of ketones is 1. The topological polar surface area (TPSA) is 76.1 Å². The van der Waals surface area contributed by atoms with Gasteiger partial charge < -0.3 is 14.6 Å². The number of amides is 1. The van der Waals surface area contributed by atoms with Crippen LogP contribution in [-0.4, -0.2) is 31.0 Å². The molecule has 0 radical (unpaired) electrons. The summed E-state index contributed by atoms with van der Waals surface area (Å²) in [5.41, 5.74) is 3.59. The molecule has 0 saturated carbocycles. The van der Waals surface area contributed by atoms with Gasteiger partial charge in [0.05, 0.1) is 25.8 Å². The van der Waals surface area contributed by atoms with E-state index in [0.29, 0.717) is 28.7 Å². The lowest BCUT2D eigenvalue weighted by Crippen LogP contribution is -2.29. The van der Waals surface area contributed by atoms with Crippen LogP contribution in [0.2, 0.25) is 0 Å². The fourth-order valence-electron chi connectivity index (χ4n) is 4.49. The third-order valence-electron chi connectivity index (χ3n) is 6.30. The number of carbonyl (C=O) groups is 2. The summed E-state index contributed by atoms with van der Waals surface area (Å²) in [5, 5.41) is 11.5. The minimum Gasteiger partial charge on any atom is -0.506 e. The Labute approximate surface area is 205 Å². The molecular formula is C29H29NO5. The van der Waals surface area contributed by atoms with E-state index < -0.39 is 17.7 Å². The van der Waals surface area contributed by atoms with Crippen molar-refractivity contribution < 1.29 is 24.2 Å². The highest BCUT2D eigenvalue weighted by atomic mass is 16.5. The van der Waals surface area contributed by atoms with Gasteiger partial charge in [0, 0.05) is 5.69 Å². The van der Waals surface area contributed by atoms with Gasteiger partial charge >= 0.3 is 0 Å². The number of Topliss-reactive ketones (excluding diaryl/α,β-unsaturated/α-hetero) is 1. The van der Waals surface area contributed by atoms with E-state index in [1.54, 1.807) is 18.2 Å². The van der Waals surface area contributed by atoms with Crippen molar-refractivity contribution in [2.24, 2.45) is 0 Å². The Kier molecular flexibility index (Phi) is 6.65. The summed E-state index contributed by atoms with van der Waals surface area (Å²) in [4.78, 5) is 28.3. The monoisotopic (exact) mass is 471 g/mol. The summed E-state index contributed by atoms with van der Waals surface area (Å²) in [6, 6.07) is 19.4. The van der Waals surface area contributed by atoms with Crippen LogP contribution >= 0.6 is 0 Å². The first-order valence-electron chi connectivity index (χ1n) is 11.5. The van der Waals surface area contributed by atoms with Crippen molar-refractivity contribution in [2.75, 3.05) is 19.1 Å². The molecule has 1 saturated heterocycles. The molecule has 0 spiro atoms. The fourth-order valence-corrected chi connectivity index (χ4v) is 4.49. The van der Waals surface area contributed by atoms with Gasteiger partial charge in [-0.15, -0.1) is 0 Å². The Morgan fingerprint density at radius 2 is 1.51 bits per heavy atom. The summed E-state index contributed by atoms with van der Waals surface area (Å²) in [6.45, 7) is 6.12. The molecule has 0 aromatic heterocycles. The van der Waals surface area contributed by atoms with Gasteiger partial charge in [-0.05, 0) is 48.2 Å². The average Bonchev–Trinajstić information content (AvgIpc) is 3.13. The molecule has 4 rings (SSSR count). The second-order valence-electron chi connectivity index (χ2n) is 8.87. The maximum atomic E-state index is 13.5. The predicted molar refractivity (Wildman–Crippen MR) is 136 cm³/mol. The number of anilines is 1. The maximum Gasteiger partial charge on any atom is 0.300 e. The summed E-state index contributed by atoms with van der Waals surface area (Å²) in [5.74, 6) is -0.829. The van der Waals surface area contributed by atoms with Crippen LogP contribution < -0.4 is 14.4 Å². The van der Waals surface area contributed by atoms with Crippen molar-refractivity contribution in [2.45, 2.75) is 32.7 Å². The lowest BCUT2D eigenvalue weighted by Gasteiger charge is -2.26. The highest BCUT2D eigenvalue weighted by molar-refractivity contribution is 6.51. The minimum atomic E-state index is -0.825. The second kappa shape index (κ2) is 9.66. The van der Waals surface area contributed by atoms with E-state index in [1.165, 1.54) is 19.1 Å². The molecule has 1 aliphatic rings. The first-order valence-corrected chi connectivity index (χ1v) is 11.5. The molecule has 1 heterocycles. The third kappa shape index (κ3) is 4.28. The Balaban J connectivity index is 1.98. The predicted octanol–water partition coefficient (Wildman–Crippen LogP) is 5.76. The van der Waals surface area contributed by atoms with Crippen molar-refractivity contribution >= 4 is 23.1 Å². The minimum absolute atomic E-state index is 0.0173. The molecule has 3 aromatic carbocycles. The van der Waals surface area contributed by atoms with E-state index in [2.05, 4.69) is 13.8 Å². The average molecular weight is 472 g/mol. The summed E-state index contributed by atoms with van der Waals surface area (Å²) >= 11 is 0. The standard InChI is InChI=1S/C29H29NO5/c1-17(2)19-12-14-21(15-13-19)30-26(20-9-6-8-18(3)16-20)25(28(32)29(30)33)27(31)24-22(34-4)10-7-11-23(24)35-5/h6-17,26,31H,1-5H3/b27-25+. The number of aryl methyl sites for hydroxylation is 1. The molecule has 180 valence electrons. The highest BCUT2D eigenvalue weighted by Crippen LogP contribution is 2.45. The quantitative estimate of drug-likeness (QED) is 0.281. The number of aliphatic hydroxyl groups excluding tert-OH is 1. The zero-order valence-electron chi connectivity index (χ0n) is 20.5. The summed E-state index contributed by atoms with van der Waals surface area (Å²) < 4.78 is 10.9. The molecule has 1 fully saturated rings. The molecular weight excluding hydrogens is 442 g/mol. The number of methoxy groups -OCH3 is 2. The number of rotatable bonds is 6. The van der Waals surface area contributed by atoms with Crippen molar-refractivity contribution in [3.63, 3.8) is 0 Å². The number of aliphatic hydroxyl groups is 1. The third-order valence-corrected chi connectivity index (χ3v) is 6.30. The molecule has 6 heteroatoms. The van der Waals surface area contributed by atoms with E-state index in [0.717, 1.165) is 11.1 Å². The van der Waals surface area contributed by atoms with E-state index in [1.807, 2.05) is 55.5 Å².